The van der Waals surface area contributed by atoms with Gasteiger partial charge >= 0.3 is 5.97 Å². The zero-order chi connectivity index (χ0) is 15.7. The summed E-state index contributed by atoms with van der Waals surface area (Å²) in [4.78, 5) is 24.7. The highest BCUT2D eigenvalue weighted by Crippen LogP contribution is 2.34. The van der Waals surface area contributed by atoms with E-state index in [9.17, 15) is 9.59 Å². The zero-order valence-electron chi connectivity index (χ0n) is 10.7. The largest absolute Gasteiger partial charge is 0.480 e. The summed E-state index contributed by atoms with van der Waals surface area (Å²) in [6.45, 7) is 1.41. The Bertz CT molecular complexity index is 675. The number of thiocarbonyl (C=S) groups is 1. The average molecular weight is 362 g/mol. The number of benzene rings is 1. The van der Waals surface area contributed by atoms with Crippen molar-refractivity contribution in [3.05, 3.63) is 38.7 Å². The van der Waals surface area contributed by atoms with E-state index in [1.165, 1.54) is 6.92 Å². The lowest BCUT2D eigenvalue weighted by atomic mass is 10.2. The maximum atomic E-state index is 12.2. The maximum absolute atomic E-state index is 12.2. The van der Waals surface area contributed by atoms with Crippen molar-refractivity contribution >= 4 is 69.5 Å². The summed E-state index contributed by atoms with van der Waals surface area (Å²) in [5.74, 6) is -1.53. The van der Waals surface area contributed by atoms with Crippen LogP contribution in [0.15, 0.2) is 23.1 Å². The summed E-state index contributed by atoms with van der Waals surface area (Å²) >= 11 is 17.9. The summed E-state index contributed by atoms with van der Waals surface area (Å²) in [6.07, 6.45) is 1.61. The Hall–Kier alpha value is -1.08. The number of halogens is 2. The van der Waals surface area contributed by atoms with Gasteiger partial charge in [-0.15, -0.1) is 0 Å². The van der Waals surface area contributed by atoms with Crippen LogP contribution in [0.25, 0.3) is 6.08 Å². The lowest BCUT2D eigenvalue weighted by Crippen LogP contribution is -2.41. The summed E-state index contributed by atoms with van der Waals surface area (Å²) in [5, 5.41) is 9.80. The van der Waals surface area contributed by atoms with E-state index in [1.54, 1.807) is 24.3 Å². The molecule has 0 spiro atoms. The first-order valence-corrected chi connectivity index (χ1v) is 7.74. The van der Waals surface area contributed by atoms with E-state index in [-0.39, 0.29) is 4.32 Å². The quantitative estimate of drug-likeness (QED) is 0.657. The van der Waals surface area contributed by atoms with Crippen molar-refractivity contribution in [2.24, 2.45) is 0 Å². The number of nitrogens with zero attached hydrogens (tertiary/aromatic N) is 1. The molecule has 1 fully saturated rings. The van der Waals surface area contributed by atoms with Gasteiger partial charge in [-0.3, -0.25) is 9.69 Å². The number of hydrogen-bond donors (Lipinski definition) is 1. The number of carbonyl (C=O) groups excluding carboxylic acids is 1. The normalized spacial score (nSPS) is 18.4. The molecule has 1 heterocycles. The average Bonchev–Trinajstić information content (AvgIpc) is 2.68. The van der Waals surface area contributed by atoms with E-state index in [4.69, 9.17) is 40.5 Å². The highest BCUT2D eigenvalue weighted by atomic mass is 35.5. The van der Waals surface area contributed by atoms with Crippen molar-refractivity contribution < 1.29 is 14.7 Å². The molecule has 0 radical (unpaired) electrons. The number of carboxylic acid groups (broad SMARTS) is 1. The van der Waals surface area contributed by atoms with Crippen LogP contribution in [0.4, 0.5) is 0 Å². The Kier molecular flexibility index (Phi) is 4.93. The molecule has 110 valence electrons. The molecule has 2 rings (SSSR count). The molecule has 1 N–H and O–H groups in total. The fourth-order valence-electron chi connectivity index (χ4n) is 1.68. The molecule has 1 aromatic rings. The van der Waals surface area contributed by atoms with Crippen molar-refractivity contribution in [1.29, 1.82) is 0 Å². The Morgan fingerprint density at radius 1 is 1.43 bits per heavy atom. The van der Waals surface area contributed by atoms with Gasteiger partial charge in [0.15, 0.2) is 0 Å². The fourth-order valence-corrected chi connectivity index (χ4v) is 3.40. The predicted molar refractivity (Wildman–Crippen MR) is 88.6 cm³/mol. The molecule has 1 aromatic carbocycles. The van der Waals surface area contributed by atoms with E-state index < -0.39 is 17.9 Å². The van der Waals surface area contributed by atoms with Crippen molar-refractivity contribution in [1.82, 2.24) is 4.90 Å². The zero-order valence-corrected chi connectivity index (χ0v) is 13.8. The molecule has 0 bridgehead atoms. The van der Waals surface area contributed by atoms with Crippen molar-refractivity contribution in [3.8, 4) is 0 Å². The van der Waals surface area contributed by atoms with Crippen LogP contribution in [-0.4, -0.2) is 32.2 Å². The maximum Gasteiger partial charge on any atom is 0.326 e. The molecule has 1 atom stereocenters. The molecule has 1 saturated heterocycles. The second-order valence-corrected chi connectivity index (χ2v) is 6.73. The molecule has 0 saturated carbocycles. The minimum Gasteiger partial charge on any atom is -0.480 e. The van der Waals surface area contributed by atoms with Gasteiger partial charge in [0.2, 0.25) is 0 Å². The lowest BCUT2D eigenvalue weighted by Gasteiger charge is -2.18. The van der Waals surface area contributed by atoms with E-state index in [2.05, 4.69) is 0 Å². The minimum absolute atomic E-state index is 0.223. The summed E-state index contributed by atoms with van der Waals surface area (Å²) < 4.78 is 0.223. The molecule has 1 aliphatic heterocycles. The highest BCUT2D eigenvalue weighted by molar-refractivity contribution is 8.26. The summed E-state index contributed by atoms with van der Waals surface area (Å²) in [6, 6.07) is 3.95. The van der Waals surface area contributed by atoms with Crippen LogP contribution in [0, 0.1) is 0 Å². The minimum atomic E-state index is -1.11. The molecule has 0 aromatic heterocycles. The van der Waals surface area contributed by atoms with Gasteiger partial charge in [0.25, 0.3) is 5.91 Å². The third-order valence-electron chi connectivity index (χ3n) is 2.81. The Morgan fingerprint density at radius 3 is 2.67 bits per heavy atom. The molecular formula is C13H9Cl2NO3S2. The first-order valence-electron chi connectivity index (χ1n) is 5.76. The van der Waals surface area contributed by atoms with E-state index in [0.717, 1.165) is 16.7 Å². The molecular weight excluding hydrogens is 353 g/mol. The van der Waals surface area contributed by atoms with E-state index >= 15 is 0 Å². The predicted octanol–water partition coefficient (Wildman–Crippen LogP) is 3.67. The second-order valence-electron chi connectivity index (χ2n) is 4.24. The van der Waals surface area contributed by atoms with Gasteiger partial charge in [0, 0.05) is 0 Å². The number of hydrogen-bond acceptors (Lipinski definition) is 4. The Morgan fingerprint density at radius 2 is 2.10 bits per heavy atom. The van der Waals surface area contributed by atoms with Crippen molar-refractivity contribution in [2.45, 2.75) is 13.0 Å². The number of aliphatic carboxylic acids is 1. The lowest BCUT2D eigenvalue weighted by molar-refractivity contribution is -0.144. The molecule has 1 unspecified atom stereocenters. The monoisotopic (exact) mass is 361 g/mol. The number of carboxylic acids is 1. The van der Waals surface area contributed by atoms with Crippen LogP contribution in [0.1, 0.15) is 12.5 Å². The van der Waals surface area contributed by atoms with Crippen LogP contribution in [0.5, 0.6) is 0 Å². The van der Waals surface area contributed by atoms with Crippen molar-refractivity contribution in [3.63, 3.8) is 0 Å². The third-order valence-corrected chi connectivity index (χ3v) is 4.88. The molecule has 1 amide bonds. The first-order chi connectivity index (χ1) is 9.81. The van der Waals surface area contributed by atoms with Gasteiger partial charge in [-0.2, -0.15) is 0 Å². The highest BCUT2D eigenvalue weighted by Gasteiger charge is 2.38. The van der Waals surface area contributed by atoms with E-state index in [1.807, 2.05) is 0 Å². The van der Waals surface area contributed by atoms with Crippen molar-refractivity contribution in [2.75, 3.05) is 0 Å². The van der Waals surface area contributed by atoms with Gasteiger partial charge in [-0.1, -0.05) is 53.2 Å². The SMILES string of the molecule is CC(C(=O)O)N1C(=O)C(=Cc2ccc(Cl)c(Cl)c2)SC1=S. The van der Waals surface area contributed by atoms with Crippen LogP contribution in [0.2, 0.25) is 10.0 Å². The molecule has 0 aliphatic carbocycles. The number of thioether (sulfide) groups is 1. The van der Waals surface area contributed by atoms with Gasteiger partial charge in [-0.05, 0) is 30.7 Å². The molecule has 4 nitrogen and oxygen atoms in total. The van der Waals surface area contributed by atoms with Gasteiger partial charge < -0.3 is 5.11 Å². The van der Waals surface area contributed by atoms with Gasteiger partial charge in [0.05, 0.1) is 15.0 Å². The Labute approximate surface area is 140 Å². The summed E-state index contributed by atoms with van der Waals surface area (Å²) in [7, 11) is 0. The van der Waals surface area contributed by atoms with Crippen LogP contribution >= 0.6 is 47.2 Å². The van der Waals surface area contributed by atoms with Crippen LogP contribution < -0.4 is 0 Å². The Balaban J connectivity index is 2.32. The van der Waals surface area contributed by atoms with Gasteiger partial charge in [-0.25, -0.2) is 4.79 Å². The van der Waals surface area contributed by atoms with Gasteiger partial charge in [0.1, 0.15) is 10.4 Å². The standard InChI is InChI=1S/C13H9Cl2NO3S2/c1-6(12(18)19)16-11(17)10(21-13(16)20)5-7-2-3-8(14)9(15)4-7/h2-6H,1H3,(H,18,19). The number of carbonyl (C=O) groups is 2. The molecule has 21 heavy (non-hydrogen) atoms. The number of amides is 1. The molecule has 8 heteroatoms. The van der Waals surface area contributed by atoms with Crippen LogP contribution in [-0.2, 0) is 9.59 Å². The van der Waals surface area contributed by atoms with Crippen LogP contribution in [0.3, 0.4) is 0 Å². The third kappa shape index (κ3) is 3.40. The second kappa shape index (κ2) is 6.36. The van der Waals surface area contributed by atoms with E-state index in [0.29, 0.717) is 20.5 Å². The summed E-state index contributed by atoms with van der Waals surface area (Å²) in [5.41, 5.74) is 0.688. The fraction of sp³-hybridized carbons (Fsp3) is 0.154. The topological polar surface area (TPSA) is 57.6 Å². The number of rotatable bonds is 3. The first kappa shape index (κ1) is 16.3. The smallest absolute Gasteiger partial charge is 0.326 e. The molecule has 1 aliphatic rings.